The number of benzene rings is 2. The predicted octanol–water partition coefficient (Wildman–Crippen LogP) is 3.08. The number of ether oxygens (including phenoxy) is 1. The molecule has 0 aromatic heterocycles. The van der Waals surface area contributed by atoms with Gasteiger partial charge >= 0.3 is 0 Å². The second-order valence-electron chi connectivity index (χ2n) is 4.17. The van der Waals surface area contributed by atoms with Gasteiger partial charge in [-0.05, 0) is 35.7 Å². The molecule has 2 aromatic rings. The Morgan fingerprint density at radius 1 is 1.11 bits per heavy atom. The molecule has 2 rings (SSSR count). The van der Waals surface area contributed by atoms with Crippen molar-refractivity contribution in [3.05, 3.63) is 65.5 Å². The SMILES string of the molecule is COc1ccccc1CC(N)c1ccc(F)cc1. The topological polar surface area (TPSA) is 35.2 Å². The highest BCUT2D eigenvalue weighted by molar-refractivity contribution is 5.35. The number of para-hydroxylation sites is 1. The van der Waals surface area contributed by atoms with Crippen molar-refractivity contribution >= 4 is 0 Å². The summed E-state index contributed by atoms with van der Waals surface area (Å²) in [4.78, 5) is 0. The van der Waals surface area contributed by atoms with E-state index in [0.29, 0.717) is 6.42 Å². The molecule has 1 atom stereocenters. The van der Waals surface area contributed by atoms with Gasteiger partial charge < -0.3 is 10.5 Å². The zero-order valence-corrected chi connectivity index (χ0v) is 10.3. The van der Waals surface area contributed by atoms with Crippen LogP contribution in [0.25, 0.3) is 0 Å². The van der Waals surface area contributed by atoms with E-state index in [0.717, 1.165) is 16.9 Å². The van der Waals surface area contributed by atoms with Crippen molar-refractivity contribution in [2.75, 3.05) is 7.11 Å². The molecule has 2 aromatic carbocycles. The normalized spacial score (nSPS) is 12.2. The zero-order chi connectivity index (χ0) is 13.0. The van der Waals surface area contributed by atoms with Gasteiger partial charge in [0, 0.05) is 6.04 Å². The Labute approximate surface area is 106 Å². The van der Waals surface area contributed by atoms with E-state index in [1.54, 1.807) is 19.2 Å². The number of hydrogen-bond donors (Lipinski definition) is 1. The fourth-order valence-electron chi connectivity index (χ4n) is 1.94. The third kappa shape index (κ3) is 2.87. The molecule has 0 spiro atoms. The maximum atomic E-state index is 12.8. The summed E-state index contributed by atoms with van der Waals surface area (Å²) in [6.07, 6.45) is 0.662. The quantitative estimate of drug-likeness (QED) is 0.898. The molecular formula is C15H16FNO. The van der Waals surface area contributed by atoms with E-state index >= 15 is 0 Å². The molecule has 3 heteroatoms. The molecule has 0 aliphatic rings. The highest BCUT2D eigenvalue weighted by Gasteiger charge is 2.10. The molecule has 0 amide bonds. The number of halogens is 1. The van der Waals surface area contributed by atoms with Crippen LogP contribution in [0.1, 0.15) is 17.2 Å². The van der Waals surface area contributed by atoms with Gasteiger partial charge in [-0.1, -0.05) is 30.3 Å². The summed E-state index contributed by atoms with van der Waals surface area (Å²) < 4.78 is 18.1. The van der Waals surface area contributed by atoms with Crippen molar-refractivity contribution in [2.45, 2.75) is 12.5 Å². The van der Waals surface area contributed by atoms with Crippen molar-refractivity contribution in [3.63, 3.8) is 0 Å². The highest BCUT2D eigenvalue weighted by Crippen LogP contribution is 2.23. The third-order valence-corrected chi connectivity index (χ3v) is 2.93. The predicted molar refractivity (Wildman–Crippen MR) is 70.0 cm³/mol. The van der Waals surface area contributed by atoms with Gasteiger partial charge in [0.1, 0.15) is 11.6 Å². The van der Waals surface area contributed by atoms with E-state index in [4.69, 9.17) is 10.5 Å². The molecule has 0 saturated carbocycles. The van der Waals surface area contributed by atoms with Gasteiger partial charge in [-0.3, -0.25) is 0 Å². The Morgan fingerprint density at radius 3 is 2.44 bits per heavy atom. The highest BCUT2D eigenvalue weighted by atomic mass is 19.1. The third-order valence-electron chi connectivity index (χ3n) is 2.93. The minimum absolute atomic E-state index is 0.165. The Hall–Kier alpha value is -1.87. The van der Waals surface area contributed by atoms with Gasteiger partial charge in [-0.25, -0.2) is 4.39 Å². The first-order valence-electron chi connectivity index (χ1n) is 5.83. The number of nitrogens with two attached hydrogens (primary N) is 1. The van der Waals surface area contributed by atoms with Gasteiger partial charge in [0.2, 0.25) is 0 Å². The van der Waals surface area contributed by atoms with Crippen LogP contribution >= 0.6 is 0 Å². The molecule has 18 heavy (non-hydrogen) atoms. The number of methoxy groups -OCH3 is 1. The minimum atomic E-state index is -0.247. The lowest BCUT2D eigenvalue weighted by molar-refractivity contribution is 0.408. The lowest BCUT2D eigenvalue weighted by atomic mass is 9.99. The Balaban J connectivity index is 2.15. The van der Waals surface area contributed by atoms with Crippen molar-refractivity contribution in [1.82, 2.24) is 0 Å². The molecule has 1 unspecified atom stereocenters. The molecule has 0 fully saturated rings. The first-order chi connectivity index (χ1) is 8.70. The van der Waals surface area contributed by atoms with Crippen LogP contribution in [0.2, 0.25) is 0 Å². The van der Waals surface area contributed by atoms with E-state index in [-0.39, 0.29) is 11.9 Å². The van der Waals surface area contributed by atoms with Crippen LogP contribution in [0.5, 0.6) is 5.75 Å². The van der Waals surface area contributed by atoms with Crippen molar-refractivity contribution in [2.24, 2.45) is 5.73 Å². The van der Waals surface area contributed by atoms with Crippen LogP contribution in [-0.2, 0) is 6.42 Å². The Kier molecular flexibility index (Phi) is 3.95. The average molecular weight is 245 g/mol. The second-order valence-corrected chi connectivity index (χ2v) is 4.17. The molecule has 0 radical (unpaired) electrons. The van der Waals surface area contributed by atoms with E-state index in [2.05, 4.69) is 0 Å². The summed E-state index contributed by atoms with van der Waals surface area (Å²) in [6.45, 7) is 0. The Morgan fingerprint density at radius 2 is 1.78 bits per heavy atom. The summed E-state index contributed by atoms with van der Waals surface area (Å²) in [5, 5.41) is 0. The summed E-state index contributed by atoms with van der Waals surface area (Å²) in [5.41, 5.74) is 8.09. The molecule has 0 heterocycles. The fourth-order valence-corrected chi connectivity index (χ4v) is 1.94. The first kappa shape index (κ1) is 12.6. The van der Waals surface area contributed by atoms with E-state index in [9.17, 15) is 4.39 Å². The van der Waals surface area contributed by atoms with E-state index < -0.39 is 0 Å². The van der Waals surface area contributed by atoms with Crippen LogP contribution in [0.4, 0.5) is 4.39 Å². The lowest BCUT2D eigenvalue weighted by Crippen LogP contribution is -2.13. The van der Waals surface area contributed by atoms with Gasteiger partial charge in [0.15, 0.2) is 0 Å². The summed E-state index contributed by atoms with van der Waals surface area (Å²) in [5.74, 6) is 0.582. The standard InChI is InChI=1S/C15H16FNO/c1-18-15-5-3-2-4-12(15)10-14(17)11-6-8-13(16)9-7-11/h2-9,14H,10,17H2,1H3. The number of rotatable bonds is 4. The molecule has 2 N–H and O–H groups in total. The van der Waals surface area contributed by atoms with Crippen LogP contribution < -0.4 is 10.5 Å². The molecule has 2 nitrogen and oxygen atoms in total. The van der Waals surface area contributed by atoms with Crippen molar-refractivity contribution in [1.29, 1.82) is 0 Å². The second kappa shape index (κ2) is 5.65. The summed E-state index contributed by atoms with van der Waals surface area (Å²) in [7, 11) is 1.64. The van der Waals surface area contributed by atoms with Crippen LogP contribution in [0, 0.1) is 5.82 Å². The first-order valence-corrected chi connectivity index (χ1v) is 5.83. The smallest absolute Gasteiger partial charge is 0.123 e. The average Bonchev–Trinajstić information content (AvgIpc) is 2.40. The zero-order valence-electron chi connectivity index (χ0n) is 10.3. The molecule has 0 aliphatic heterocycles. The van der Waals surface area contributed by atoms with Gasteiger partial charge in [0.05, 0.1) is 7.11 Å². The van der Waals surface area contributed by atoms with E-state index in [1.165, 1.54) is 12.1 Å². The maximum Gasteiger partial charge on any atom is 0.123 e. The van der Waals surface area contributed by atoms with Crippen LogP contribution in [0.15, 0.2) is 48.5 Å². The largest absolute Gasteiger partial charge is 0.496 e. The number of hydrogen-bond acceptors (Lipinski definition) is 2. The molecule has 0 saturated heterocycles. The van der Waals surface area contributed by atoms with Crippen molar-refractivity contribution < 1.29 is 9.13 Å². The van der Waals surface area contributed by atoms with E-state index in [1.807, 2.05) is 24.3 Å². The monoisotopic (exact) mass is 245 g/mol. The summed E-state index contributed by atoms with van der Waals surface area (Å²) >= 11 is 0. The molecule has 0 aliphatic carbocycles. The van der Waals surface area contributed by atoms with Crippen molar-refractivity contribution in [3.8, 4) is 5.75 Å². The van der Waals surface area contributed by atoms with Crippen LogP contribution in [-0.4, -0.2) is 7.11 Å². The Bertz CT molecular complexity index is 510. The van der Waals surface area contributed by atoms with Gasteiger partial charge in [-0.2, -0.15) is 0 Å². The lowest BCUT2D eigenvalue weighted by Gasteiger charge is -2.14. The molecule has 0 bridgehead atoms. The van der Waals surface area contributed by atoms with Crippen LogP contribution in [0.3, 0.4) is 0 Å². The molecule has 94 valence electrons. The molecular weight excluding hydrogens is 229 g/mol. The van der Waals surface area contributed by atoms with Gasteiger partial charge in [0.25, 0.3) is 0 Å². The minimum Gasteiger partial charge on any atom is -0.496 e. The maximum absolute atomic E-state index is 12.8. The fraction of sp³-hybridized carbons (Fsp3) is 0.200. The summed E-state index contributed by atoms with van der Waals surface area (Å²) in [6, 6.07) is 13.9. The van der Waals surface area contributed by atoms with Gasteiger partial charge in [-0.15, -0.1) is 0 Å².